The molecule has 5 aliphatic rings. The van der Waals surface area contributed by atoms with Crippen LogP contribution in [0.1, 0.15) is 57.4 Å². The van der Waals surface area contributed by atoms with E-state index in [1.54, 1.807) is 9.81 Å². The number of thioether (sulfide) groups is 2. The van der Waals surface area contributed by atoms with Gasteiger partial charge < -0.3 is 4.42 Å². The van der Waals surface area contributed by atoms with Gasteiger partial charge in [-0.2, -0.15) is 0 Å². The molecule has 0 spiro atoms. The molecule has 38 heavy (non-hydrogen) atoms. The summed E-state index contributed by atoms with van der Waals surface area (Å²) >= 11 is 4.52. The topological polar surface area (TPSA) is 13.1 Å². The molecule has 0 radical (unpaired) electrons. The van der Waals surface area contributed by atoms with Crippen LogP contribution in [-0.2, 0) is 0 Å². The highest BCUT2D eigenvalue weighted by Crippen LogP contribution is 2.68. The van der Waals surface area contributed by atoms with E-state index in [1.165, 1.54) is 54.0 Å². The largest absolute Gasteiger partial charge is 0.456 e. The van der Waals surface area contributed by atoms with Crippen molar-refractivity contribution in [2.24, 2.45) is 23.7 Å². The number of benzene rings is 2. The van der Waals surface area contributed by atoms with Gasteiger partial charge in [-0.05, 0) is 88.8 Å². The van der Waals surface area contributed by atoms with Crippen molar-refractivity contribution in [3.05, 3.63) is 70.0 Å². The molecular weight excluding hydrogens is 517 g/mol. The van der Waals surface area contributed by atoms with Crippen molar-refractivity contribution in [2.45, 2.75) is 86.5 Å². The summed E-state index contributed by atoms with van der Waals surface area (Å²) < 4.78 is 6.57. The lowest BCUT2D eigenvalue weighted by Crippen LogP contribution is -2.46. The normalized spacial score (nSPS) is 38.4. The molecule has 8 unspecified atom stereocenters. The Morgan fingerprint density at radius 2 is 1.47 bits per heavy atom. The molecule has 198 valence electrons. The van der Waals surface area contributed by atoms with Gasteiger partial charge in [-0.25, -0.2) is 0 Å². The van der Waals surface area contributed by atoms with Crippen LogP contribution in [0.3, 0.4) is 0 Å². The SMILES string of the molecule is CC1=CC2C3C=C(C)SC3C([Si](C)(C)C3CCC4C(c5cccc6c5oc5ccccc56)CCCC43)C2S1. The maximum atomic E-state index is 6.57. The highest BCUT2D eigenvalue weighted by atomic mass is 32.2. The van der Waals surface area contributed by atoms with Crippen LogP contribution in [0.15, 0.2) is 68.8 Å². The maximum Gasteiger partial charge on any atom is 0.138 e. The lowest BCUT2D eigenvalue weighted by Gasteiger charge is -2.46. The van der Waals surface area contributed by atoms with Gasteiger partial charge in [0, 0.05) is 21.3 Å². The van der Waals surface area contributed by atoms with Crippen LogP contribution in [-0.4, -0.2) is 18.6 Å². The lowest BCUT2D eigenvalue weighted by atomic mass is 9.70. The van der Waals surface area contributed by atoms with Crippen molar-refractivity contribution < 1.29 is 4.42 Å². The van der Waals surface area contributed by atoms with Gasteiger partial charge in [0.05, 0.1) is 8.07 Å². The van der Waals surface area contributed by atoms with Crippen molar-refractivity contribution in [1.29, 1.82) is 0 Å². The van der Waals surface area contributed by atoms with E-state index in [-0.39, 0.29) is 0 Å². The summed E-state index contributed by atoms with van der Waals surface area (Å²) in [5, 5.41) is 4.27. The third-order valence-electron chi connectivity index (χ3n) is 11.5. The van der Waals surface area contributed by atoms with Gasteiger partial charge in [-0.1, -0.05) is 80.9 Å². The van der Waals surface area contributed by atoms with Crippen LogP contribution in [0.4, 0.5) is 0 Å². The molecule has 0 saturated heterocycles. The lowest BCUT2D eigenvalue weighted by molar-refractivity contribution is 0.236. The smallest absolute Gasteiger partial charge is 0.138 e. The molecular formula is C34H40OS2Si. The summed E-state index contributed by atoms with van der Waals surface area (Å²) in [4.78, 5) is 3.19. The Kier molecular flexibility index (Phi) is 5.67. The summed E-state index contributed by atoms with van der Waals surface area (Å²) in [6, 6.07) is 15.6. The van der Waals surface area contributed by atoms with E-state index in [2.05, 4.69) is 105 Å². The fourth-order valence-electron chi connectivity index (χ4n) is 10.1. The first-order valence-electron chi connectivity index (χ1n) is 15.0. The molecule has 2 aromatic carbocycles. The third-order valence-corrected chi connectivity index (χ3v) is 19.8. The predicted octanol–water partition coefficient (Wildman–Crippen LogP) is 10.6. The summed E-state index contributed by atoms with van der Waals surface area (Å²) in [5.41, 5.74) is 5.62. The first kappa shape index (κ1) is 24.4. The van der Waals surface area contributed by atoms with Crippen molar-refractivity contribution in [3.63, 3.8) is 0 Å². The zero-order valence-electron chi connectivity index (χ0n) is 23.2. The van der Waals surface area contributed by atoms with Crippen LogP contribution in [0, 0.1) is 23.7 Å². The number of fused-ring (bicyclic) bond motifs is 7. The van der Waals surface area contributed by atoms with Gasteiger partial charge in [0.25, 0.3) is 0 Å². The molecule has 0 bridgehead atoms. The van der Waals surface area contributed by atoms with Gasteiger partial charge in [0.2, 0.25) is 0 Å². The molecule has 3 aliphatic carbocycles. The van der Waals surface area contributed by atoms with E-state index >= 15 is 0 Å². The van der Waals surface area contributed by atoms with Crippen LogP contribution < -0.4 is 0 Å². The second-order valence-corrected chi connectivity index (χ2v) is 21.5. The zero-order valence-corrected chi connectivity index (χ0v) is 25.8. The Labute approximate surface area is 237 Å². The van der Waals surface area contributed by atoms with Gasteiger partial charge in [-0.15, -0.1) is 23.5 Å². The first-order valence-corrected chi connectivity index (χ1v) is 19.9. The Morgan fingerprint density at radius 1 is 0.763 bits per heavy atom. The van der Waals surface area contributed by atoms with Crippen molar-refractivity contribution >= 4 is 53.5 Å². The fraction of sp³-hybridized carbons (Fsp3) is 0.529. The van der Waals surface area contributed by atoms with Crippen molar-refractivity contribution in [3.8, 4) is 0 Å². The molecule has 1 aromatic heterocycles. The van der Waals surface area contributed by atoms with E-state index in [4.69, 9.17) is 4.42 Å². The van der Waals surface area contributed by atoms with Crippen molar-refractivity contribution in [2.75, 3.05) is 0 Å². The molecule has 0 N–H and O–H groups in total. The summed E-state index contributed by atoms with van der Waals surface area (Å²) in [6.07, 6.45) is 12.4. The first-order chi connectivity index (χ1) is 18.4. The highest BCUT2D eigenvalue weighted by molar-refractivity contribution is 8.05. The minimum Gasteiger partial charge on any atom is -0.456 e. The maximum absolute atomic E-state index is 6.57. The Bertz CT molecular complexity index is 1450. The fourth-order valence-corrected chi connectivity index (χ4v) is 20.6. The number of hydrogen-bond donors (Lipinski definition) is 0. The monoisotopic (exact) mass is 556 g/mol. The third kappa shape index (κ3) is 3.45. The molecule has 3 heterocycles. The molecule has 4 heteroatoms. The minimum absolute atomic E-state index is 0.659. The highest BCUT2D eigenvalue weighted by Gasteiger charge is 2.62. The summed E-state index contributed by atoms with van der Waals surface area (Å²) in [7, 11) is -1.52. The molecule has 2 aliphatic heterocycles. The van der Waals surface area contributed by atoms with Crippen LogP contribution in [0.5, 0.6) is 0 Å². The van der Waals surface area contributed by atoms with E-state index in [1.807, 2.05) is 0 Å². The minimum atomic E-state index is -1.52. The Hall–Kier alpha value is -1.36. The van der Waals surface area contributed by atoms with Gasteiger partial charge in [-0.3, -0.25) is 0 Å². The second-order valence-electron chi connectivity index (χ2n) is 13.6. The Morgan fingerprint density at radius 3 is 2.24 bits per heavy atom. The molecule has 3 aromatic rings. The summed E-state index contributed by atoms with van der Waals surface area (Å²) in [6.45, 7) is 10.4. The second kappa shape index (κ2) is 8.82. The summed E-state index contributed by atoms with van der Waals surface area (Å²) in [5.74, 6) is 3.97. The number of rotatable bonds is 3. The number of allylic oxidation sites excluding steroid dienone is 4. The number of hydrogen-bond acceptors (Lipinski definition) is 3. The predicted molar refractivity (Wildman–Crippen MR) is 169 cm³/mol. The number of para-hydroxylation sites is 2. The van der Waals surface area contributed by atoms with E-state index in [0.29, 0.717) is 5.92 Å². The molecule has 3 fully saturated rings. The molecule has 1 nitrogen and oxygen atoms in total. The van der Waals surface area contributed by atoms with Crippen LogP contribution >= 0.6 is 23.5 Å². The molecule has 3 saturated carbocycles. The number of furan rings is 1. The van der Waals surface area contributed by atoms with Crippen LogP contribution in [0.25, 0.3) is 21.9 Å². The standard InChI is InChI=1S/C34H40OS2Si/c1-19-17-27-28-18-20(2)37-33(28)34(32(27)36-19)38(3,4)30-16-15-22-21(10-7-11-24(22)30)25-12-8-13-26-23-9-5-6-14-29(23)35-31(25)26/h5-6,8-9,12-14,17-18,21-22,24,27-28,30,32-34H,7,10-11,15-16H2,1-4H3. The van der Waals surface area contributed by atoms with Gasteiger partial charge in [0.1, 0.15) is 11.2 Å². The quantitative estimate of drug-likeness (QED) is 0.298. The average Bonchev–Trinajstić information content (AvgIpc) is 3.69. The average molecular weight is 557 g/mol. The molecule has 8 atom stereocenters. The van der Waals surface area contributed by atoms with Crippen LogP contribution in [0.2, 0.25) is 24.2 Å². The van der Waals surface area contributed by atoms with Crippen molar-refractivity contribution in [1.82, 2.24) is 0 Å². The molecule has 0 amide bonds. The van der Waals surface area contributed by atoms with Gasteiger partial charge in [0.15, 0.2) is 0 Å². The molecule has 8 rings (SSSR count). The Balaban J connectivity index is 1.13. The van der Waals surface area contributed by atoms with E-state index in [0.717, 1.165) is 50.8 Å². The zero-order chi connectivity index (χ0) is 25.8. The van der Waals surface area contributed by atoms with E-state index < -0.39 is 8.07 Å². The van der Waals surface area contributed by atoms with E-state index in [9.17, 15) is 0 Å². The van der Waals surface area contributed by atoms with Gasteiger partial charge >= 0.3 is 0 Å².